The molecule has 1 atom stereocenters. The molecule has 0 spiro atoms. The Hall–Kier alpha value is -0.770. The summed E-state index contributed by atoms with van der Waals surface area (Å²) in [5.74, 6) is -0.0550. The number of carbonyl (C=O) groups is 1. The molecule has 0 radical (unpaired) electrons. The smallest absolute Gasteiger partial charge is 0.255 e. The van der Waals surface area contributed by atoms with Crippen molar-refractivity contribution in [2.75, 3.05) is 0 Å². The Labute approximate surface area is 104 Å². The molecule has 1 N–H and O–H groups in total. The Kier molecular flexibility index (Phi) is 3.10. The third-order valence-corrected chi connectivity index (χ3v) is 4.04. The quantitative estimate of drug-likeness (QED) is 0.906. The predicted octanol–water partition coefficient (Wildman–Crippen LogP) is 3.35. The maximum atomic E-state index is 12.0. The number of hydrogen-bond donors (Lipinski definition) is 1. The van der Waals surface area contributed by atoms with E-state index in [0.29, 0.717) is 10.2 Å². The Bertz CT molecular complexity index is 397. The second kappa shape index (κ2) is 4.24. The van der Waals surface area contributed by atoms with Crippen LogP contribution in [-0.2, 0) is 0 Å². The normalized spacial score (nSPS) is 23.3. The summed E-state index contributed by atoms with van der Waals surface area (Å²) in [6.07, 6.45) is 4.93. The van der Waals surface area contributed by atoms with Crippen molar-refractivity contribution >= 4 is 21.8 Å². The molecule has 0 aliphatic heterocycles. The maximum absolute atomic E-state index is 12.0. The van der Waals surface area contributed by atoms with Gasteiger partial charge in [0.15, 0.2) is 4.67 Å². The van der Waals surface area contributed by atoms with Crippen LogP contribution < -0.4 is 5.32 Å². The van der Waals surface area contributed by atoms with E-state index in [1.165, 1.54) is 19.1 Å². The Morgan fingerprint density at radius 1 is 1.62 bits per heavy atom. The molecule has 1 aromatic heterocycles. The van der Waals surface area contributed by atoms with Crippen LogP contribution in [-0.4, -0.2) is 11.9 Å². The van der Waals surface area contributed by atoms with Gasteiger partial charge in [0.2, 0.25) is 0 Å². The fraction of sp³-hybridized carbons (Fsp3) is 0.583. The van der Waals surface area contributed by atoms with E-state index in [0.717, 1.165) is 6.42 Å². The largest absolute Gasteiger partial charge is 0.457 e. The van der Waals surface area contributed by atoms with E-state index >= 15 is 0 Å². The molecule has 88 valence electrons. The molecule has 2 rings (SSSR count). The highest BCUT2D eigenvalue weighted by Gasteiger charge is 2.35. The van der Waals surface area contributed by atoms with E-state index in [1.54, 1.807) is 6.07 Å². The molecule has 3 nitrogen and oxygen atoms in total. The lowest BCUT2D eigenvalue weighted by Gasteiger charge is -2.27. The van der Waals surface area contributed by atoms with Gasteiger partial charge < -0.3 is 9.73 Å². The molecule has 0 aromatic carbocycles. The Morgan fingerprint density at radius 3 is 2.88 bits per heavy atom. The van der Waals surface area contributed by atoms with Crippen molar-refractivity contribution in [3.8, 4) is 0 Å². The molecule has 1 heterocycles. The van der Waals surface area contributed by atoms with E-state index < -0.39 is 0 Å². The first-order valence-electron chi connectivity index (χ1n) is 5.54. The average molecular weight is 286 g/mol. The van der Waals surface area contributed by atoms with Gasteiger partial charge in [0.1, 0.15) is 0 Å². The molecule has 1 saturated carbocycles. The number of nitrogens with one attached hydrogen (secondary N) is 1. The molecule has 1 unspecified atom stereocenters. The number of rotatable bonds is 2. The Morgan fingerprint density at radius 2 is 2.38 bits per heavy atom. The highest BCUT2D eigenvalue weighted by molar-refractivity contribution is 9.10. The van der Waals surface area contributed by atoms with Crippen molar-refractivity contribution in [1.29, 1.82) is 0 Å². The lowest BCUT2D eigenvalue weighted by Crippen LogP contribution is -2.41. The van der Waals surface area contributed by atoms with Gasteiger partial charge in [-0.2, -0.15) is 0 Å². The summed E-state index contributed by atoms with van der Waals surface area (Å²) in [4.78, 5) is 12.0. The minimum Gasteiger partial charge on any atom is -0.457 e. The monoisotopic (exact) mass is 285 g/mol. The average Bonchev–Trinajstić information content (AvgIpc) is 2.74. The fourth-order valence-electron chi connectivity index (χ4n) is 2.29. The van der Waals surface area contributed by atoms with Crippen LogP contribution in [0.1, 0.15) is 43.5 Å². The first-order chi connectivity index (χ1) is 7.50. The first kappa shape index (κ1) is 11.7. The van der Waals surface area contributed by atoms with Gasteiger partial charge in [-0.05, 0) is 40.3 Å². The minimum absolute atomic E-state index is 0.0550. The number of hydrogen-bond acceptors (Lipinski definition) is 2. The molecule has 4 heteroatoms. The highest BCUT2D eigenvalue weighted by atomic mass is 79.9. The Balaban J connectivity index is 2.06. The summed E-state index contributed by atoms with van der Waals surface area (Å²) in [5.41, 5.74) is 0.772. The molecular weight excluding hydrogens is 270 g/mol. The third-order valence-electron chi connectivity index (χ3n) is 3.43. The van der Waals surface area contributed by atoms with Gasteiger partial charge in [-0.15, -0.1) is 0 Å². The number of amides is 1. The van der Waals surface area contributed by atoms with Crippen molar-refractivity contribution in [3.63, 3.8) is 0 Å². The molecule has 1 aliphatic carbocycles. The zero-order valence-electron chi connectivity index (χ0n) is 9.55. The minimum atomic E-state index is -0.0550. The standard InChI is InChI=1S/C12H16BrNO2/c1-12(2)6-3-4-9(12)14-11(15)8-5-7-16-10(8)13/h5,7,9H,3-4,6H2,1-2H3,(H,14,15). The lowest BCUT2D eigenvalue weighted by atomic mass is 9.87. The first-order valence-corrected chi connectivity index (χ1v) is 6.34. The van der Waals surface area contributed by atoms with E-state index in [-0.39, 0.29) is 17.4 Å². The van der Waals surface area contributed by atoms with Gasteiger partial charge in [-0.1, -0.05) is 20.3 Å². The molecular formula is C12H16BrNO2. The van der Waals surface area contributed by atoms with Crippen molar-refractivity contribution in [1.82, 2.24) is 5.32 Å². The van der Waals surface area contributed by atoms with Crippen LogP contribution in [0.25, 0.3) is 0 Å². The van der Waals surface area contributed by atoms with Gasteiger partial charge in [0, 0.05) is 6.04 Å². The number of furan rings is 1. The van der Waals surface area contributed by atoms with Gasteiger partial charge in [-0.25, -0.2) is 0 Å². The molecule has 0 saturated heterocycles. The van der Waals surface area contributed by atoms with Crippen LogP contribution in [0, 0.1) is 5.41 Å². The molecule has 1 fully saturated rings. The summed E-state index contributed by atoms with van der Waals surface area (Å²) in [6.45, 7) is 4.41. The van der Waals surface area contributed by atoms with Crippen molar-refractivity contribution in [3.05, 3.63) is 22.6 Å². The number of halogens is 1. The van der Waals surface area contributed by atoms with Crippen molar-refractivity contribution < 1.29 is 9.21 Å². The van der Waals surface area contributed by atoms with E-state index in [9.17, 15) is 4.79 Å². The summed E-state index contributed by atoms with van der Waals surface area (Å²) in [6, 6.07) is 1.95. The fourth-order valence-corrected chi connectivity index (χ4v) is 2.71. The molecule has 1 aromatic rings. The van der Waals surface area contributed by atoms with Crippen LogP contribution in [0.3, 0.4) is 0 Å². The predicted molar refractivity (Wildman–Crippen MR) is 65.3 cm³/mol. The zero-order valence-corrected chi connectivity index (χ0v) is 11.1. The second-order valence-corrected chi connectivity index (χ2v) is 5.74. The zero-order chi connectivity index (χ0) is 11.8. The summed E-state index contributed by atoms with van der Waals surface area (Å²) in [7, 11) is 0. The maximum Gasteiger partial charge on any atom is 0.255 e. The molecule has 1 amide bonds. The SMILES string of the molecule is CC1(C)CCCC1NC(=O)c1ccoc1Br. The van der Waals surface area contributed by atoms with Gasteiger partial charge in [0.25, 0.3) is 5.91 Å². The second-order valence-electron chi connectivity index (χ2n) is 5.01. The van der Waals surface area contributed by atoms with E-state index in [2.05, 4.69) is 35.1 Å². The van der Waals surface area contributed by atoms with Crippen molar-refractivity contribution in [2.24, 2.45) is 5.41 Å². The summed E-state index contributed by atoms with van der Waals surface area (Å²) >= 11 is 3.22. The van der Waals surface area contributed by atoms with Crippen LogP contribution in [0.4, 0.5) is 0 Å². The van der Waals surface area contributed by atoms with Crippen LogP contribution in [0.2, 0.25) is 0 Å². The highest BCUT2D eigenvalue weighted by Crippen LogP contribution is 2.37. The lowest BCUT2D eigenvalue weighted by molar-refractivity contribution is 0.0908. The van der Waals surface area contributed by atoms with Gasteiger partial charge in [0.05, 0.1) is 11.8 Å². The molecule has 16 heavy (non-hydrogen) atoms. The van der Waals surface area contributed by atoms with Gasteiger partial charge >= 0.3 is 0 Å². The van der Waals surface area contributed by atoms with Crippen LogP contribution in [0.15, 0.2) is 21.4 Å². The van der Waals surface area contributed by atoms with E-state index in [1.807, 2.05) is 0 Å². The topological polar surface area (TPSA) is 42.2 Å². The molecule has 0 bridgehead atoms. The summed E-state index contributed by atoms with van der Waals surface area (Å²) in [5, 5.41) is 3.08. The van der Waals surface area contributed by atoms with Gasteiger partial charge in [-0.3, -0.25) is 4.79 Å². The van der Waals surface area contributed by atoms with Crippen molar-refractivity contribution in [2.45, 2.75) is 39.2 Å². The third kappa shape index (κ3) is 2.17. The molecule has 1 aliphatic rings. The number of carbonyl (C=O) groups excluding carboxylic acids is 1. The van der Waals surface area contributed by atoms with E-state index in [4.69, 9.17) is 4.42 Å². The summed E-state index contributed by atoms with van der Waals surface area (Å²) < 4.78 is 5.56. The van der Waals surface area contributed by atoms with Crippen LogP contribution in [0.5, 0.6) is 0 Å². The van der Waals surface area contributed by atoms with Crippen LogP contribution >= 0.6 is 15.9 Å².